The summed E-state index contributed by atoms with van der Waals surface area (Å²) in [6.45, 7) is 4.46. The zero-order chi connectivity index (χ0) is 14.4. The van der Waals surface area contributed by atoms with Gasteiger partial charge in [0.25, 0.3) is 0 Å². The molecule has 108 valence electrons. The Kier molecular flexibility index (Phi) is 5.12. The van der Waals surface area contributed by atoms with Crippen molar-refractivity contribution in [2.75, 3.05) is 7.05 Å². The minimum Gasteiger partial charge on any atom is -0.485 e. The Balaban J connectivity index is 1.93. The largest absolute Gasteiger partial charge is 0.485 e. The van der Waals surface area contributed by atoms with Gasteiger partial charge in [-0.05, 0) is 31.2 Å². The molecule has 5 nitrogen and oxygen atoms in total. The number of aryl methyl sites for hydroxylation is 1. The van der Waals surface area contributed by atoms with Crippen LogP contribution in [0.3, 0.4) is 0 Å². The van der Waals surface area contributed by atoms with Crippen LogP contribution in [0.5, 0.6) is 5.75 Å². The summed E-state index contributed by atoms with van der Waals surface area (Å²) in [5, 5.41) is 7.13. The van der Waals surface area contributed by atoms with Crippen molar-refractivity contribution in [1.29, 1.82) is 0 Å². The molecular weight excluding hydrogens is 254 g/mol. The molecule has 0 saturated carbocycles. The molecule has 0 fully saturated rings. The summed E-state index contributed by atoms with van der Waals surface area (Å²) in [5.74, 6) is 2.02. The van der Waals surface area contributed by atoms with Crippen molar-refractivity contribution >= 4 is 0 Å². The van der Waals surface area contributed by atoms with Crippen LogP contribution in [0.25, 0.3) is 0 Å². The Morgan fingerprint density at radius 3 is 2.55 bits per heavy atom. The Morgan fingerprint density at radius 2 is 2.00 bits per heavy atom. The van der Waals surface area contributed by atoms with Crippen LogP contribution in [0.1, 0.15) is 43.6 Å². The second-order valence-corrected chi connectivity index (χ2v) is 4.57. The topological polar surface area (TPSA) is 60.2 Å². The smallest absolute Gasteiger partial charge is 0.226 e. The van der Waals surface area contributed by atoms with Gasteiger partial charge in [-0.2, -0.15) is 4.98 Å². The van der Waals surface area contributed by atoms with Crippen molar-refractivity contribution in [3.8, 4) is 5.75 Å². The molecule has 0 amide bonds. The van der Waals surface area contributed by atoms with Gasteiger partial charge in [-0.1, -0.05) is 31.1 Å². The molecule has 2 aromatic rings. The minimum atomic E-state index is 0.325. The lowest BCUT2D eigenvalue weighted by Crippen LogP contribution is -2.14. The van der Waals surface area contributed by atoms with Crippen LogP contribution >= 0.6 is 0 Å². The summed E-state index contributed by atoms with van der Waals surface area (Å²) in [6.07, 6.45) is 1.80. The first-order valence-corrected chi connectivity index (χ1v) is 6.98. The van der Waals surface area contributed by atoms with Gasteiger partial charge in [0.2, 0.25) is 11.7 Å². The number of hydrogen-bond acceptors (Lipinski definition) is 5. The lowest BCUT2D eigenvalue weighted by Gasteiger charge is -2.14. The van der Waals surface area contributed by atoms with E-state index in [9.17, 15) is 0 Å². The monoisotopic (exact) mass is 275 g/mol. The quantitative estimate of drug-likeness (QED) is 0.842. The van der Waals surface area contributed by atoms with Crippen molar-refractivity contribution in [1.82, 2.24) is 15.5 Å². The van der Waals surface area contributed by atoms with Crippen molar-refractivity contribution < 1.29 is 9.26 Å². The van der Waals surface area contributed by atoms with Crippen molar-refractivity contribution in [2.24, 2.45) is 0 Å². The fraction of sp³-hybridized carbons (Fsp3) is 0.467. The molecule has 1 aromatic heterocycles. The lowest BCUT2D eigenvalue weighted by atomic mass is 10.1. The van der Waals surface area contributed by atoms with Crippen LogP contribution in [-0.4, -0.2) is 17.2 Å². The molecule has 1 N–H and O–H groups in total. The van der Waals surface area contributed by atoms with E-state index in [0.717, 1.165) is 18.6 Å². The van der Waals surface area contributed by atoms with Crippen molar-refractivity contribution in [3.63, 3.8) is 0 Å². The average Bonchev–Trinajstić information content (AvgIpc) is 2.96. The lowest BCUT2D eigenvalue weighted by molar-refractivity contribution is 0.285. The van der Waals surface area contributed by atoms with Crippen molar-refractivity contribution in [3.05, 3.63) is 41.5 Å². The third-order valence-electron chi connectivity index (χ3n) is 3.22. The molecule has 0 bridgehead atoms. The SMILES string of the molecule is CCc1nc(COc2ccc(C(CC)NC)cc2)no1. The van der Waals surface area contributed by atoms with Crippen LogP contribution in [-0.2, 0) is 13.0 Å². The Bertz CT molecular complexity index is 518. The number of hydrogen-bond donors (Lipinski definition) is 1. The van der Waals surface area contributed by atoms with Crippen LogP contribution in [0, 0.1) is 0 Å². The van der Waals surface area contributed by atoms with Gasteiger partial charge in [-0.3, -0.25) is 0 Å². The predicted octanol–water partition coefficient (Wildman–Crippen LogP) is 2.88. The highest BCUT2D eigenvalue weighted by molar-refractivity contribution is 5.29. The van der Waals surface area contributed by atoms with Gasteiger partial charge in [0.1, 0.15) is 5.75 Å². The van der Waals surface area contributed by atoms with E-state index in [0.29, 0.717) is 24.4 Å². The van der Waals surface area contributed by atoms with E-state index in [-0.39, 0.29) is 0 Å². The highest BCUT2D eigenvalue weighted by Gasteiger charge is 2.07. The van der Waals surface area contributed by atoms with Gasteiger partial charge in [0.15, 0.2) is 6.61 Å². The number of nitrogens with zero attached hydrogens (tertiary/aromatic N) is 2. The Hall–Kier alpha value is -1.88. The summed E-state index contributed by atoms with van der Waals surface area (Å²) < 4.78 is 10.7. The fourth-order valence-corrected chi connectivity index (χ4v) is 2.04. The van der Waals surface area contributed by atoms with E-state index in [1.54, 1.807) is 0 Å². The zero-order valence-electron chi connectivity index (χ0n) is 12.2. The van der Waals surface area contributed by atoms with Crippen LogP contribution in [0.4, 0.5) is 0 Å². The van der Waals surface area contributed by atoms with Gasteiger partial charge in [0, 0.05) is 12.5 Å². The molecule has 0 radical (unpaired) electrons. The Labute approximate surface area is 119 Å². The van der Waals surface area contributed by atoms with Gasteiger partial charge < -0.3 is 14.6 Å². The molecule has 0 aliphatic carbocycles. The number of ether oxygens (including phenoxy) is 1. The molecule has 1 aromatic carbocycles. The fourth-order valence-electron chi connectivity index (χ4n) is 2.04. The predicted molar refractivity (Wildman–Crippen MR) is 76.5 cm³/mol. The van der Waals surface area contributed by atoms with Crippen molar-refractivity contribution in [2.45, 2.75) is 39.3 Å². The number of rotatable bonds is 7. The van der Waals surface area contributed by atoms with Crippen LogP contribution in [0.2, 0.25) is 0 Å². The third-order valence-corrected chi connectivity index (χ3v) is 3.22. The molecule has 1 unspecified atom stereocenters. The standard InChI is InChI=1S/C15H21N3O2/c1-4-13(16-3)11-6-8-12(9-7-11)19-10-14-17-15(5-2)20-18-14/h6-9,13,16H,4-5,10H2,1-3H3. The molecule has 0 spiro atoms. The first-order chi connectivity index (χ1) is 9.76. The summed E-state index contributed by atoms with van der Waals surface area (Å²) in [4.78, 5) is 4.20. The van der Waals surface area contributed by atoms with E-state index in [2.05, 4.69) is 34.5 Å². The number of aromatic nitrogens is 2. The maximum Gasteiger partial charge on any atom is 0.226 e. The van der Waals surface area contributed by atoms with Gasteiger partial charge >= 0.3 is 0 Å². The van der Waals surface area contributed by atoms with Gasteiger partial charge in [-0.15, -0.1) is 0 Å². The van der Waals surface area contributed by atoms with E-state index >= 15 is 0 Å². The van der Waals surface area contributed by atoms with Crippen LogP contribution < -0.4 is 10.1 Å². The first kappa shape index (κ1) is 14.5. The molecule has 0 saturated heterocycles. The maximum atomic E-state index is 5.65. The summed E-state index contributed by atoms with van der Waals surface area (Å²) in [6, 6.07) is 8.47. The van der Waals surface area contributed by atoms with E-state index in [1.807, 2.05) is 26.1 Å². The normalized spacial score (nSPS) is 12.3. The molecular formula is C15H21N3O2. The molecule has 0 aliphatic heterocycles. The molecule has 2 rings (SSSR count). The highest BCUT2D eigenvalue weighted by atomic mass is 16.5. The summed E-state index contributed by atoms with van der Waals surface area (Å²) >= 11 is 0. The molecule has 0 aliphatic rings. The number of nitrogens with one attached hydrogen (secondary N) is 1. The van der Waals surface area contributed by atoms with E-state index in [1.165, 1.54) is 5.56 Å². The second-order valence-electron chi connectivity index (χ2n) is 4.57. The molecule has 5 heteroatoms. The van der Waals surface area contributed by atoms with Crippen LogP contribution in [0.15, 0.2) is 28.8 Å². The third kappa shape index (κ3) is 3.57. The first-order valence-electron chi connectivity index (χ1n) is 6.98. The zero-order valence-corrected chi connectivity index (χ0v) is 12.2. The second kappa shape index (κ2) is 7.05. The highest BCUT2D eigenvalue weighted by Crippen LogP contribution is 2.20. The average molecular weight is 275 g/mol. The molecule has 1 atom stereocenters. The van der Waals surface area contributed by atoms with E-state index in [4.69, 9.17) is 9.26 Å². The van der Waals surface area contributed by atoms with Gasteiger partial charge in [0.05, 0.1) is 0 Å². The summed E-state index contributed by atoms with van der Waals surface area (Å²) in [5.41, 5.74) is 1.26. The maximum absolute atomic E-state index is 5.65. The summed E-state index contributed by atoms with van der Waals surface area (Å²) in [7, 11) is 1.97. The minimum absolute atomic E-state index is 0.325. The molecule has 20 heavy (non-hydrogen) atoms. The van der Waals surface area contributed by atoms with Gasteiger partial charge in [-0.25, -0.2) is 0 Å². The Morgan fingerprint density at radius 1 is 1.25 bits per heavy atom. The van der Waals surface area contributed by atoms with E-state index < -0.39 is 0 Å². The number of benzene rings is 1. The molecule has 1 heterocycles.